The summed E-state index contributed by atoms with van der Waals surface area (Å²) in [4.78, 5) is 0. The molecule has 0 radical (unpaired) electrons. The SMILES string of the molecule is Cc1cccc2c1C(C)CNC2C. The fourth-order valence-electron chi connectivity index (χ4n) is 2.32. The van der Waals surface area contributed by atoms with Crippen LogP contribution in [0, 0.1) is 6.92 Å². The highest BCUT2D eigenvalue weighted by atomic mass is 14.9. The fraction of sp³-hybridized carbons (Fsp3) is 0.500. The number of fused-ring (bicyclic) bond motifs is 1. The van der Waals surface area contributed by atoms with E-state index in [4.69, 9.17) is 0 Å². The van der Waals surface area contributed by atoms with Crippen LogP contribution in [0.5, 0.6) is 0 Å². The van der Waals surface area contributed by atoms with Crippen molar-refractivity contribution in [2.24, 2.45) is 0 Å². The Labute approximate surface area is 80.2 Å². The van der Waals surface area contributed by atoms with E-state index in [0.29, 0.717) is 12.0 Å². The molecular formula is C12H17N. The highest BCUT2D eigenvalue weighted by Gasteiger charge is 2.21. The van der Waals surface area contributed by atoms with E-state index in [1.807, 2.05) is 0 Å². The maximum Gasteiger partial charge on any atom is 0.0294 e. The predicted molar refractivity (Wildman–Crippen MR) is 56.0 cm³/mol. The molecule has 0 saturated heterocycles. The summed E-state index contributed by atoms with van der Waals surface area (Å²) in [5.74, 6) is 0.660. The molecule has 2 atom stereocenters. The molecular weight excluding hydrogens is 158 g/mol. The minimum absolute atomic E-state index is 0.520. The van der Waals surface area contributed by atoms with Crippen LogP contribution in [0.4, 0.5) is 0 Å². The van der Waals surface area contributed by atoms with Gasteiger partial charge in [0.1, 0.15) is 0 Å². The Hall–Kier alpha value is -0.820. The molecule has 70 valence electrons. The molecule has 2 rings (SSSR count). The summed E-state index contributed by atoms with van der Waals surface area (Å²) in [6.45, 7) is 7.86. The van der Waals surface area contributed by atoms with Crippen molar-refractivity contribution >= 4 is 0 Å². The zero-order valence-electron chi connectivity index (χ0n) is 8.59. The molecule has 1 heteroatoms. The topological polar surface area (TPSA) is 12.0 Å². The summed E-state index contributed by atoms with van der Waals surface area (Å²) in [5.41, 5.74) is 4.49. The van der Waals surface area contributed by atoms with E-state index < -0.39 is 0 Å². The Morgan fingerprint density at radius 2 is 2.08 bits per heavy atom. The van der Waals surface area contributed by atoms with Gasteiger partial charge in [0.2, 0.25) is 0 Å². The fourth-order valence-corrected chi connectivity index (χ4v) is 2.32. The predicted octanol–water partition coefficient (Wildman–Crippen LogP) is 2.76. The van der Waals surface area contributed by atoms with Crippen molar-refractivity contribution in [2.45, 2.75) is 32.7 Å². The van der Waals surface area contributed by atoms with Crippen molar-refractivity contribution in [1.82, 2.24) is 5.32 Å². The van der Waals surface area contributed by atoms with E-state index in [1.54, 1.807) is 5.56 Å². The minimum atomic E-state index is 0.520. The first kappa shape index (κ1) is 8.76. The molecule has 1 N–H and O–H groups in total. The van der Waals surface area contributed by atoms with Crippen LogP contribution in [0.25, 0.3) is 0 Å². The number of aryl methyl sites for hydroxylation is 1. The lowest BCUT2D eigenvalue weighted by atomic mass is 9.85. The van der Waals surface area contributed by atoms with Crippen molar-refractivity contribution in [3.63, 3.8) is 0 Å². The maximum absolute atomic E-state index is 3.52. The van der Waals surface area contributed by atoms with Gasteiger partial charge in [-0.25, -0.2) is 0 Å². The molecule has 1 aliphatic heterocycles. The first-order valence-electron chi connectivity index (χ1n) is 5.03. The summed E-state index contributed by atoms with van der Waals surface area (Å²) in [7, 11) is 0. The quantitative estimate of drug-likeness (QED) is 0.639. The highest BCUT2D eigenvalue weighted by Crippen LogP contribution is 2.31. The lowest BCUT2D eigenvalue weighted by Crippen LogP contribution is -2.30. The zero-order chi connectivity index (χ0) is 9.42. The van der Waals surface area contributed by atoms with E-state index in [-0.39, 0.29) is 0 Å². The summed E-state index contributed by atoms with van der Waals surface area (Å²) in [6.07, 6.45) is 0. The van der Waals surface area contributed by atoms with Crippen LogP contribution in [0.2, 0.25) is 0 Å². The van der Waals surface area contributed by atoms with Gasteiger partial charge in [0.25, 0.3) is 0 Å². The second-order valence-electron chi connectivity index (χ2n) is 4.11. The largest absolute Gasteiger partial charge is 0.310 e. The van der Waals surface area contributed by atoms with E-state index in [1.165, 1.54) is 11.1 Å². The standard InChI is InChI=1S/C12H17N/c1-8-5-4-6-11-10(3)13-7-9(2)12(8)11/h4-6,9-10,13H,7H2,1-3H3. The number of nitrogens with one attached hydrogen (secondary N) is 1. The Kier molecular flexibility index (Phi) is 2.12. The second kappa shape index (κ2) is 3.15. The first-order chi connectivity index (χ1) is 6.20. The molecule has 0 aromatic heterocycles. The summed E-state index contributed by atoms with van der Waals surface area (Å²) >= 11 is 0. The normalized spacial score (nSPS) is 27.0. The summed E-state index contributed by atoms with van der Waals surface area (Å²) in [5, 5.41) is 3.52. The Morgan fingerprint density at radius 3 is 2.77 bits per heavy atom. The van der Waals surface area contributed by atoms with Gasteiger partial charge in [0, 0.05) is 12.6 Å². The summed E-state index contributed by atoms with van der Waals surface area (Å²) in [6, 6.07) is 7.14. The Balaban J connectivity index is 2.56. The van der Waals surface area contributed by atoms with Gasteiger partial charge in [0.05, 0.1) is 0 Å². The molecule has 1 aliphatic rings. The Morgan fingerprint density at radius 1 is 1.31 bits per heavy atom. The van der Waals surface area contributed by atoms with E-state index >= 15 is 0 Å². The average molecular weight is 175 g/mol. The zero-order valence-corrected chi connectivity index (χ0v) is 8.59. The molecule has 2 unspecified atom stereocenters. The molecule has 0 aliphatic carbocycles. The van der Waals surface area contributed by atoms with Gasteiger partial charge in [-0.3, -0.25) is 0 Å². The van der Waals surface area contributed by atoms with E-state index in [2.05, 4.69) is 44.3 Å². The summed E-state index contributed by atoms with van der Waals surface area (Å²) < 4.78 is 0. The lowest BCUT2D eigenvalue weighted by molar-refractivity contribution is 0.493. The molecule has 0 fully saturated rings. The third-order valence-corrected chi connectivity index (χ3v) is 3.05. The van der Waals surface area contributed by atoms with Gasteiger partial charge in [-0.1, -0.05) is 25.1 Å². The van der Waals surface area contributed by atoms with Crippen molar-refractivity contribution in [3.8, 4) is 0 Å². The van der Waals surface area contributed by atoms with Crippen molar-refractivity contribution in [1.29, 1.82) is 0 Å². The van der Waals surface area contributed by atoms with E-state index in [9.17, 15) is 0 Å². The lowest BCUT2D eigenvalue weighted by Gasteiger charge is -2.30. The molecule has 1 aromatic carbocycles. The van der Waals surface area contributed by atoms with Gasteiger partial charge in [-0.15, -0.1) is 0 Å². The van der Waals surface area contributed by atoms with Crippen molar-refractivity contribution < 1.29 is 0 Å². The average Bonchev–Trinajstić information content (AvgIpc) is 2.12. The van der Waals surface area contributed by atoms with Gasteiger partial charge in [-0.2, -0.15) is 0 Å². The van der Waals surface area contributed by atoms with Crippen molar-refractivity contribution in [2.75, 3.05) is 6.54 Å². The molecule has 1 aromatic rings. The van der Waals surface area contributed by atoms with Crippen LogP contribution < -0.4 is 5.32 Å². The number of benzene rings is 1. The van der Waals surface area contributed by atoms with Crippen LogP contribution in [-0.4, -0.2) is 6.54 Å². The maximum atomic E-state index is 3.52. The number of hydrogen-bond acceptors (Lipinski definition) is 1. The van der Waals surface area contributed by atoms with Gasteiger partial charge in [0.15, 0.2) is 0 Å². The first-order valence-corrected chi connectivity index (χ1v) is 5.03. The van der Waals surface area contributed by atoms with Gasteiger partial charge >= 0.3 is 0 Å². The third kappa shape index (κ3) is 1.37. The van der Waals surface area contributed by atoms with Gasteiger partial charge in [-0.05, 0) is 36.5 Å². The molecule has 13 heavy (non-hydrogen) atoms. The van der Waals surface area contributed by atoms with Crippen LogP contribution in [0.1, 0.15) is 42.5 Å². The molecule has 1 heterocycles. The third-order valence-electron chi connectivity index (χ3n) is 3.05. The molecule has 0 bridgehead atoms. The van der Waals surface area contributed by atoms with Crippen LogP contribution >= 0.6 is 0 Å². The van der Waals surface area contributed by atoms with E-state index in [0.717, 1.165) is 6.54 Å². The molecule has 1 nitrogen and oxygen atoms in total. The highest BCUT2D eigenvalue weighted by molar-refractivity contribution is 5.40. The van der Waals surface area contributed by atoms with Gasteiger partial charge < -0.3 is 5.32 Å². The minimum Gasteiger partial charge on any atom is -0.310 e. The molecule has 0 amide bonds. The van der Waals surface area contributed by atoms with Crippen LogP contribution in [0.15, 0.2) is 18.2 Å². The molecule has 0 saturated carbocycles. The van der Waals surface area contributed by atoms with Crippen LogP contribution in [-0.2, 0) is 0 Å². The molecule has 0 spiro atoms. The number of rotatable bonds is 0. The smallest absolute Gasteiger partial charge is 0.0294 e. The number of hydrogen-bond donors (Lipinski definition) is 1. The van der Waals surface area contributed by atoms with Crippen LogP contribution in [0.3, 0.4) is 0 Å². The monoisotopic (exact) mass is 175 g/mol. The second-order valence-corrected chi connectivity index (χ2v) is 4.11. The van der Waals surface area contributed by atoms with Crippen molar-refractivity contribution in [3.05, 3.63) is 34.9 Å². The Bertz CT molecular complexity index is 317.